The predicted molar refractivity (Wildman–Crippen MR) is 94.1 cm³/mol. The summed E-state index contributed by atoms with van der Waals surface area (Å²) in [5.41, 5.74) is 2.55. The Kier molecular flexibility index (Phi) is 4.48. The van der Waals surface area contributed by atoms with E-state index in [0.717, 1.165) is 27.1 Å². The van der Waals surface area contributed by atoms with Crippen molar-refractivity contribution in [2.75, 3.05) is 11.5 Å². The fraction of sp³-hybridized carbons (Fsp3) is 0.0625. The van der Waals surface area contributed by atoms with Gasteiger partial charge < -0.3 is 4.74 Å². The van der Waals surface area contributed by atoms with E-state index in [-0.39, 0.29) is 12.7 Å². The highest BCUT2D eigenvalue weighted by Gasteiger charge is 2.26. The summed E-state index contributed by atoms with van der Waals surface area (Å²) in [4.78, 5) is 14.8. The molecule has 1 aliphatic rings. The van der Waals surface area contributed by atoms with Crippen LogP contribution in [0.25, 0.3) is 5.70 Å². The van der Waals surface area contributed by atoms with Crippen molar-refractivity contribution in [3.8, 4) is 0 Å². The first-order valence-electron chi connectivity index (χ1n) is 6.69. The average molecular weight is 330 g/mol. The Morgan fingerprint density at radius 3 is 2.41 bits per heavy atom. The van der Waals surface area contributed by atoms with E-state index < -0.39 is 0 Å². The molecule has 0 saturated heterocycles. The van der Waals surface area contributed by atoms with Gasteiger partial charge in [-0.05, 0) is 53.2 Å². The molecular formula is C16H15N2O2PS. The van der Waals surface area contributed by atoms with Crippen LogP contribution in [0.3, 0.4) is 0 Å². The first-order chi connectivity index (χ1) is 10.7. The van der Waals surface area contributed by atoms with Gasteiger partial charge in [-0.1, -0.05) is 24.3 Å². The zero-order chi connectivity index (χ0) is 15.5. The number of carbonyl (C=O) groups is 1. The predicted octanol–water partition coefficient (Wildman–Crippen LogP) is 3.15. The first kappa shape index (κ1) is 15.1. The van der Waals surface area contributed by atoms with E-state index in [1.54, 1.807) is 4.90 Å². The van der Waals surface area contributed by atoms with Crippen LogP contribution in [-0.4, -0.2) is 12.7 Å². The number of ether oxygens (including phenoxy) is 1. The van der Waals surface area contributed by atoms with E-state index in [1.165, 1.54) is 11.9 Å². The van der Waals surface area contributed by atoms with Gasteiger partial charge in [-0.2, -0.15) is 0 Å². The molecule has 2 N–H and O–H groups in total. The maximum atomic E-state index is 12.2. The highest BCUT2D eigenvalue weighted by Crippen LogP contribution is 2.30. The van der Waals surface area contributed by atoms with Crippen LogP contribution in [0, 0.1) is 0 Å². The molecule has 1 unspecified atom stereocenters. The lowest BCUT2D eigenvalue weighted by atomic mass is 10.1. The molecule has 1 heterocycles. The highest BCUT2D eigenvalue weighted by molar-refractivity contribution is 7.97. The second-order valence-electron chi connectivity index (χ2n) is 4.74. The van der Waals surface area contributed by atoms with E-state index in [4.69, 9.17) is 9.88 Å². The summed E-state index contributed by atoms with van der Waals surface area (Å²) in [6, 6.07) is 15.4. The summed E-state index contributed by atoms with van der Waals surface area (Å²) in [5, 5.41) is 6.61. The van der Waals surface area contributed by atoms with Crippen molar-refractivity contribution in [1.29, 1.82) is 0 Å². The fourth-order valence-electron chi connectivity index (χ4n) is 2.27. The van der Waals surface area contributed by atoms with E-state index in [0.29, 0.717) is 0 Å². The van der Waals surface area contributed by atoms with Crippen molar-refractivity contribution >= 4 is 44.0 Å². The monoisotopic (exact) mass is 330 g/mol. The summed E-state index contributed by atoms with van der Waals surface area (Å²) in [6.07, 6.45) is 1.53. The van der Waals surface area contributed by atoms with Crippen LogP contribution < -0.4 is 15.3 Å². The van der Waals surface area contributed by atoms with Gasteiger partial charge in [-0.25, -0.2) is 9.69 Å². The van der Waals surface area contributed by atoms with Crippen LogP contribution in [-0.2, 0) is 4.74 Å². The molecule has 0 aliphatic carbocycles. The maximum absolute atomic E-state index is 12.2. The Labute approximate surface area is 135 Å². The summed E-state index contributed by atoms with van der Waals surface area (Å²) in [5.74, 6) is 0. The molecule has 0 saturated carbocycles. The Balaban J connectivity index is 2.00. The first-order valence-corrected chi connectivity index (χ1v) is 8.14. The Hall–Kier alpha value is -1.81. The Morgan fingerprint density at radius 2 is 1.77 bits per heavy atom. The van der Waals surface area contributed by atoms with Gasteiger partial charge in [-0.15, -0.1) is 9.24 Å². The summed E-state index contributed by atoms with van der Waals surface area (Å²) in [7, 11) is 2.63. The highest BCUT2D eigenvalue weighted by atomic mass is 32.2. The molecule has 2 aromatic carbocycles. The third-order valence-corrected chi connectivity index (χ3v) is 4.27. The van der Waals surface area contributed by atoms with Crippen molar-refractivity contribution in [2.45, 2.75) is 4.90 Å². The normalized spacial score (nSPS) is 14.5. The number of nitrogens with zero attached hydrogens (tertiary/aromatic N) is 1. The van der Waals surface area contributed by atoms with Gasteiger partial charge in [0, 0.05) is 4.90 Å². The zero-order valence-electron chi connectivity index (χ0n) is 11.7. The van der Waals surface area contributed by atoms with E-state index in [1.807, 2.05) is 54.6 Å². The lowest BCUT2D eigenvalue weighted by molar-refractivity contribution is 0.166. The third-order valence-electron chi connectivity index (χ3n) is 3.34. The number of hydrogen-bond acceptors (Lipinski definition) is 4. The summed E-state index contributed by atoms with van der Waals surface area (Å²) >= 11 is 1.20. The lowest BCUT2D eigenvalue weighted by Gasteiger charge is -2.28. The van der Waals surface area contributed by atoms with Crippen LogP contribution >= 0.6 is 21.2 Å². The minimum absolute atomic E-state index is 0.278. The Morgan fingerprint density at radius 1 is 1.09 bits per heavy atom. The van der Waals surface area contributed by atoms with E-state index in [9.17, 15) is 4.79 Å². The third kappa shape index (κ3) is 3.02. The molecule has 2 aromatic rings. The van der Waals surface area contributed by atoms with Crippen LogP contribution in [0.1, 0.15) is 5.56 Å². The van der Waals surface area contributed by atoms with Crippen LogP contribution in [0.15, 0.2) is 59.5 Å². The largest absolute Gasteiger partial charge is 0.445 e. The van der Waals surface area contributed by atoms with Gasteiger partial charge in [0.25, 0.3) is 0 Å². The molecular weight excluding hydrogens is 315 g/mol. The number of nitrogens with two attached hydrogens (primary N) is 1. The number of carbonyl (C=O) groups excluding carboxylic acids is 1. The number of benzene rings is 2. The van der Waals surface area contributed by atoms with Crippen LogP contribution in [0.2, 0.25) is 0 Å². The van der Waals surface area contributed by atoms with E-state index in [2.05, 4.69) is 9.24 Å². The van der Waals surface area contributed by atoms with Gasteiger partial charge in [0.2, 0.25) is 0 Å². The average Bonchev–Trinajstić information content (AvgIpc) is 2.56. The number of rotatable bonds is 3. The number of hydrogen-bond donors (Lipinski definition) is 1. The molecule has 0 fully saturated rings. The van der Waals surface area contributed by atoms with E-state index >= 15 is 0 Å². The standard InChI is InChI=1S/C16H15N2O2PS/c17-22-14-7-1-11(2-8-14)15-9-10-20-16(19)18(15)12-3-5-13(21)6-4-12/h1-9H,10,17,21H2. The molecule has 1 aliphatic heterocycles. The molecule has 112 valence electrons. The van der Waals surface area contributed by atoms with Crippen molar-refractivity contribution in [3.05, 3.63) is 60.2 Å². The Bertz CT molecular complexity index is 714. The number of anilines is 1. The SMILES string of the molecule is NSc1ccc(C2=CCOC(=O)N2c2ccc(P)cc2)cc1. The molecule has 6 heteroatoms. The van der Waals surface area contributed by atoms with Crippen LogP contribution in [0.4, 0.5) is 10.5 Å². The molecule has 4 nitrogen and oxygen atoms in total. The fourth-order valence-corrected chi connectivity index (χ4v) is 2.75. The zero-order valence-corrected chi connectivity index (χ0v) is 13.7. The molecule has 0 spiro atoms. The molecule has 1 atom stereocenters. The van der Waals surface area contributed by atoms with Gasteiger partial charge >= 0.3 is 6.09 Å². The minimum atomic E-state index is -0.369. The molecule has 0 aromatic heterocycles. The molecule has 3 rings (SSSR count). The number of cyclic esters (lactones) is 1. The molecule has 1 amide bonds. The summed E-state index contributed by atoms with van der Waals surface area (Å²) < 4.78 is 5.15. The molecule has 22 heavy (non-hydrogen) atoms. The maximum Gasteiger partial charge on any atom is 0.419 e. The quantitative estimate of drug-likeness (QED) is 0.694. The van der Waals surface area contributed by atoms with Crippen molar-refractivity contribution in [1.82, 2.24) is 0 Å². The second kappa shape index (κ2) is 6.53. The van der Waals surface area contributed by atoms with Crippen molar-refractivity contribution in [2.24, 2.45) is 5.14 Å². The molecule has 0 radical (unpaired) electrons. The smallest absolute Gasteiger partial charge is 0.419 e. The van der Waals surface area contributed by atoms with Gasteiger partial charge in [0.05, 0.1) is 11.4 Å². The van der Waals surface area contributed by atoms with Crippen molar-refractivity contribution in [3.63, 3.8) is 0 Å². The molecule has 0 bridgehead atoms. The summed E-state index contributed by atoms with van der Waals surface area (Å²) in [6.45, 7) is 0.278. The topological polar surface area (TPSA) is 55.6 Å². The minimum Gasteiger partial charge on any atom is -0.445 e. The lowest BCUT2D eigenvalue weighted by Crippen LogP contribution is -2.33. The van der Waals surface area contributed by atoms with Gasteiger partial charge in [0.1, 0.15) is 6.61 Å². The van der Waals surface area contributed by atoms with Gasteiger partial charge in [0.15, 0.2) is 0 Å². The van der Waals surface area contributed by atoms with Crippen molar-refractivity contribution < 1.29 is 9.53 Å². The number of amides is 1. The van der Waals surface area contributed by atoms with Gasteiger partial charge in [-0.3, -0.25) is 5.14 Å². The second-order valence-corrected chi connectivity index (χ2v) is 6.11. The van der Waals surface area contributed by atoms with Crippen LogP contribution in [0.5, 0.6) is 0 Å².